The monoisotopic (exact) mass is 276 g/mol. The summed E-state index contributed by atoms with van der Waals surface area (Å²) < 4.78 is 5.65. The number of hydrogen-bond donors (Lipinski definition) is 0. The second-order valence-electron chi connectivity index (χ2n) is 4.41. The predicted octanol–water partition coefficient (Wildman–Crippen LogP) is 4.27. The van der Waals surface area contributed by atoms with Crippen molar-refractivity contribution in [1.82, 2.24) is 9.97 Å². The Balaban J connectivity index is 2.14. The minimum Gasteiger partial charge on any atom is -0.424 e. The molecule has 4 heteroatoms. The molecule has 0 saturated heterocycles. The molecule has 1 aromatic heterocycles. The summed E-state index contributed by atoms with van der Waals surface area (Å²) in [5.74, 6) is 1.10. The third-order valence-corrected chi connectivity index (χ3v) is 2.97. The van der Waals surface area contributed by atoms with Gasteiger partial charge < -0.3 is 4.74 Å². The second-order valence-corrected chi connectivity index (χ2v) is 4.68. The molecule has 0 aliphatic carbocycles. The summed E-state index contributed by atoms with van der Waals surface area (Å²) in [4.78, 5) is 8.48. The molecule has 100 valence electrons. The summed E-state index contributed by atoms with van der Waals surface area (Å²) in [5, 5.41) is 0. The highest BCUT2D eigenvalue weighted by Gasteiger charge is 2.04. The summed E-state index contributed by atoms with van der Waals surface area (Å²) >= 11 is 5.78. The van der Waals surface area contributed by atoms with E-state index in [2.05, 4.69) is 29.0 Å². The fourth-order valence-electron chi connectivity index (χ4n) is 1.84. The molecule has 0 spiro atoms. The minimum atomic E-state index is 0.346. The Morgan fingerprint density at radius 1 is 1.16 bits per heavy atom. The molecule has 0 bridgehead atoms. The van der Waals surface area contributed by atoms with Gasteiger partial charge in [0, 0.05) is 5.69 Å². The smallest absolute Gasteiger partial charge is 0.322 e. The average molecular weight is 277 g/mol. The Kier molecular flexibility index (Phi) is 4.74. The van der Waals surface area contributed by atoms with Gasteiger partial charge in [0.2, 0.25) is 0 Å². The molecule has 2 aromatic rings. The van der Waals surface area contributed by atoms with E-state index in [1.165, 1.54) is 5.56 Å². The maximum Gasteiger partial charge on any atom is 0.322 e. The molecule has 0 N–H and O–H groups in total. The average Bonchev–Trinajstić information content (AvgIpc) is 2.40. The molecule has 1 aromatic carbocycles. The lowest BCUT2D eigenvalue weighted by molar-refractivity contribution is 0.438. The van der Waals surface area contributed by atoms with Crippen molar-refractivity contribution < 1.29 is 4.74 Å². The van der Waals surface area contributed by atoms with Crippen LogP contribution < -0.4 is 4.74 Å². The first-order chi connectivity index (χ1) is 9.21. The van der Waals surface area contributed by atoms with E-state index >= 15 is 0 Å². The van der Waals surface area contributed by atoms with E-state index in [4.69, 9.17) is 16.3 Å². The van der Waals surface area contributed by atoms with Gasteiger partial charge in [-0.3, -0.25) is 0 Å². The molecule has 0 radical (unpaired) electrons. The molecule has 0 saturated carbocycles. The fourth-order valence-corrected chi connectivity index (χ4v) is 1.97. The SMILES string of the molecule is CCCc1ccc(Oc2nc(C)cc(CCl)n2)cc1. The topological polar surface area (TPSA) is 35.0 Å². The fraction of sp³-hybridized carbons (Fsp3) is 0.333. The molecule has 0 aliphatic heterocycles. The maximum absolute atomic E-state index is 5.78. The number of benzene rings is 1. The molecule has 2 rings (SSSR count). The first-order valence-electron chi connectivity index (χ1n) is 6.38. The number of aryl methyl sites for hydroxylation is 2. The first-order valence-corrected chi connectivity index (χ1v) is 6.92. The molecule has 0 aliphatic rings. The van der Waals surface area contributed by atoms with Crippen LogP contribution in [0.25, 0.3) is 0 Å². The van der Waals surface area contributed by atoms with Gasteiger partial charge in [0.15, 0.2) is 0 Å². The van der Waals surface area contributed by atoms with Crippen LogP contribution in [0.2, 0.25) is 0 Å². The number of nitrogens with zero attached hydrogens (tertiary/aromatic N) is 2. The molecule has 19 heavy (non-hydrogen) atoms. The second kappa shape index (κ2) is 6.53. The van der Waals surface area contributed by atoms with Crippen molar-refractivity contribution >= 4 is 11.6 Å². The van der Waals surface area contributed by atoms with E-state index in [-0.39, 0.29) is 0 Å². The quantitative estimate of drug-likeness (QED) is 0.765. The zero-order valence-corrected chi connectivity index (χ0v) is 11.9. The Morgan fingerprint density at radius 3 is 2.53 bits per heavy atom. The lowest BCUT2D eigenvalue weighted by atomic mass is 10.1. The van der Waals surface area contributed by atoms with Gasteiger partial charge in [0.1, 0.15) is 5.75 Å². The van der Waals surface area contributed by atoms with Crippen LogP contribution in [0.4, 0.5) is 0 Å². The van der Waals surface area contributed by atoms with E-state index in [1.807, 2.05) is 25.1 Å². The van der Waals surface area contributed by atoms with Gasteiger partial charge in [-0.05, 0) is 37.1 Å². The highest BCUT2D eigenvalue weighted by Crippen LogP contribution is 2.20. The van der Waals surface area contributed by atoms with E-state index in [0.29, 0.717) is 11.9 Å². The Hall–Kier alpha value is -1.61. The molecule has 0 unspecified atom stereocenters. The van der Waals surface area contributed by atoms with E-state index in [1.54, 1.807) is 0 Å². The van der Waals surface area contributed by atoms with Gasteiger partial charge in [0.25, 0.3) is 0 Å². The summed E-state index contributed by atoms with van der Waals surface area (Å²) in [6.07, 6.45) is 2.22. The summed E-state index contributed by atoms with van der Waals surface area (Å²) in [5.41, 5.74) is 2.93. The molecule has 0 amide bonds. The highest BCUT2D eigenvalue weighted by molar-refractivity contribution is 6.16. The van der Waals surface area contributed by atoms with Gasteiger partial charge in [-0.2, -0.15) is 4.98 Å². The van der Waals surface area contributed by atoms with Crippen LogP contribution in [0.5, 0.6) is 11.8 Å². The molecule has 1 heterocycles. The maximum atomic E-state index is 5.78. The van der Waals surface area contributed by atoms with Crippen LogP contribution in [0.3, 0.4) is 0 Å². The summed E-state index contributed by atoms with van der Waals surface area (Å²) in [6.45, 7) is 4.06. The first kappa shape index (κ1) is 13.8. The number of hydrogen-bond acceptors (Lipinski definition) is 3. The van der Waals surface area contributed by atoms with Gasteiger partial charge in [-0.25, -0.2) is 4.98 Å². The van der Waals surface area contributed by atoms with Crippen molar-refractivity contribution in [3.8, 4) is 11.8 Å². The van der Waals surface area contributed by atoms with Gasteiger partial charge in [-0.1, -0.05) is 25.5 Å². The predicted molar refractivity (Wildman–Crippen MR) is 76.8 cm³/mol. The number of rotatable bonds is 5. The minimum absolute atomic E-state index is 0.346. The molecule has 0 atom stereocenters. The van der Waals surface area contributed by atoms with Crippen molar-refractivity contribution in [2.24, 2.45) is 0 Å². The van der Waals surface area contributed by atoms with Gasteiger partial charge >= 0.3 is 6.01 Å². The van der Waals surface area contributed by atoms with E-state index < -0.39 is 0 Å². The van der Waals surface area contributed by atoms with Crippen LogP contribution in [-0.4, -0.2) is 9.97 Å². The van der Waals surface area contributed by atoms with Crippen LogP contribution >= 0.6 is 11.6 Å². The van der Waals surface area contributed by atoms with Crippen molar-refractivity contribution in [3.63, 3.8) is 0 Å². The zero-order valence-electron chi connectivity index (χ0n) is 11.2. The standard InChI is InChI=1S/C15H17ClN2O/c1-3-4-12-5-7-14(8-6-12)19-15-17-11(2)9-13(10-16)18-15/h5-9H,3-4,10H2,1-2H3. The summed E-state index contributed by atoms with van der Waals surface area (Å²) in [6, 6.07) is 10.2. The number of aromatic nitrogens is 2. The molecule has 3 nitrogen and oxygen atoms in total. The van der Waals surface area contributed by atoms with Crippen molar-refractivity contribution in [2.45, 2.75) is 32.6 Å². The largest absolute Gasteiger partial charge is 0.424 e. The highest BCUT2D eigenvalue weighted by atomic mass is 35.5. The normalized spacial score (nSPS) is 10.5. The van der Waals surface area contributed by atoms with Crippen LogP contribution in [0.1, 0.15) is 30.3 Å². The lowest BCUT2D eigenvalue weighted by Gasteiger charge is -2.06. The van der Waals surface area contributed by atoms with Gasteiger partial charge in [0.05, 0.1) is 11.6 Å². The molecular weight excluding hydrogens is 260 g/mol. The number of ether oxygens (including phenoxy) is 1. The van der Waals surface area contributed by atoms with E-state index in [0.717, 1.165) is 30.0 Å². The Labute approximate surface area is 118 Å². The van der Waals surface area contributed by atoms with Crippen molar-refractivity contribution in [1.29, 1.82) is 0 Å². The molecular formula is C15H17ClN2O. The Morgan fingerprint density at radius 2 is 1.89 bits per heavy atom. The third-order valence-electron chi connectivity index (χ3n) is 2.69. The van der Waals surface area contributed by atoms with Crippen LogP contribution in [-0.2, 0) is 12.3 Å². The van der Waals surface area contributed by atoms with Crippen LogP contribution in [0.15, 0.2) is 30.3 Å². The number of alkyl halides is 1. The van der Waals surface area contributed by atoms with Crippen molar-refractivity contribution in [2.75, 3.05) is 0 Å². The van der Waals surface area contributed by atoms with Crippen molar-refractivity contribution in [3.05, 3.63) is 47.3 Å². The van der Waals surface area contributed by atoms with Gasteiger partial charge in [-0.15, -0.1) is 11.6 Å². The lowest BCUT2D eigenvalue weighted by Crippen LogP contribution is -1.97. The molecule has 0 fully saturated rings. The van der Waals surface area contributed by atoms with E-state index in [9.17, 15) is 0 Å². The zero-order chi connectivity index (χ0) is 13.7. The van der Waals surface area contributed by atoms with Crippen LogP contribution in [0, 0.1) is 6.92 Å². The number of halogens is 1. The summed E-state index contributed by atoms with van der Waals surface area (Å²) in [7, 11) is 0. The third kappa shape index (κ3) is 3.93. The Bertz CT molecular complexity index is 540.